The molecule has 3 rings (SSSR count). The van der Waals surface area contributed by atoms with Gasteiger partial charge in [0.15, 0.2) is 4.34 Å². The van der Waals surface area contributed by atoms with Gasteiger partial charge < -0.3 is 0 Å². The SMILES string of the molecule is Cc1cccc(N(CC(=O)Nc2nnc(SC(C)C)s2)S(=O)(=O)c2ccc(Cl)cc2)c1. The molecule has 1 aromatic heterocycles. The van der Waals surface area contributed by atoms with E-state index in [-0.39, 0.29) is 4.90 Å². The normalized spacial score (nSPS) is 11.5. The first-order chi connectivity index (χ1) is 14.6. The van der Waals surface area contributed by atoms with Crippen molar-refractivity contribution in [1.82, 2.24) is 10.2 Å². The molecule has 0 atom stereocenters. The van der Waals surface area contributed by atoms with E-state index in [2.05, 4.69) is 15.5 Å². The second-order valence-corrected chi connectivity index (χ2v) is 12.0. The fourth-order valence-electron chi connectivity index (χ4n) is 2.63. The number of nitrogens with one attached hydrogen (secondary N) is 1. The van der Waals surface area contributed by atoms with Crippen LogP contribution in [-0.2, 0) is 14.8 Å². The summed E-state index contributed by atoms with van der Waals surface area (Å²) in [6.07, 6.45) is 0. The van der Waals surface area contributed by atoms with Crippen LogP contribution in [0.2, 0.25) is 5.02 Å². The van der Waals surface area contributed by atoms with Crippen LogP contribution in [0.3, 0.4) is 0 Å². The Morgan fingerprint density at radius 1 is 1.19 bits per heavy atom. The molecule has 0 unspecified atom stereocenters. The highest BCUT2D eigenvalue weighted by atomic mass is 35.5. The number of hydrogen-bond donors (Lipinski definition) is 1. The molecule has 0 saturated heterocycles. The first kappa shape index (κ1) is 23.5. The molecular weight excluding hydrogens is 476 g/mol. The van der Waals surface area contributed by atoms with Crippen molar-refractivity contribution >= 4 is 61.4 Å². The lowest BCUT2D eigenvalue weighted by molar-refractivity contribution is -0.114. The molecule has 0 aliphatic carbocycles. The van der Waals surface area contributed by atoms with Crippen molar-refractivity contribution < 1.29 is 13.2 Å². The highest BCUT2D eigenvalue weighted by Gasteiger charge is 2.27. The molecule has 0 radical (unpaired) electrons. The smallest absolute Gasteiger partial charge is 0.264 e. The van der Waals surface area contributed by atoms with Gasteiger partial charge in [-0.15, -0.1) is 10.2 Å². The summed E-state index contributed by atoms with van der Waals surface area (Å²) in [5.41, 5.74) is 1.26. The number of sulfonamides is 1. The molecule has 0 bridgehead atoms. The molecule has 31 heavy (non-hydrogen) atoms. The minimum atomic E-state index is -4.01. The number of carbonyl (C=O) groups is 1. The number of nitrogens with zero attached hydrogens (tertiary/aromatic N) is 3. The highest BCUT2D eigenvalue weighted by Crippen LogP contribution is 2.29. The molecule has 11 heteroatoms. The van der Waals surface area contributed by atoms with Crippen molar-refractivity contribution in [3.63, 3.8) is 0 Å². The van der Waals surface area contributed by atoms with E-state index in [1.807, 2.05) is 26.8 Å². The Morgan fingerprint density at radius 2 is 1.90 bits per heavy atom. The average Bonchev–Trinajstić information content (AvgIpc) is 3.12. The van der Waals surface area contributed by atoms with Crippen LogP contribution in [0.25, 0.3) is 0 Å². The number of rotatable bonds is 8. The molecular formula is C20H21ClN4O3S3. The van der Waals surface area contributed by atoms with E-state index in [0.717, 1.165) is 14.2 Å². The van der Waals surface area contributed by atoms with Crippen molar-refractivity contribution in [2.45, 2.75) is 35.3 Å². The summed E-state index contributed by atoms with van der Waals surface area (Å²) in [7, 11) is -4.01. The second-order valence-electron chi connectivity index (χ2n) is 6.89. The first-order valence-electron chi connectivity index (χ1n) is 9.30. The van der Waals surface area contributed by atoms with Crippen LogP contribution in [0.5, 0.6) is 0 Å². The summed E-state index contributed by atoms with van der Waals surface area (Å²) in [6, 6.07) is 12.8. The minimum absolute atomic E-state index is 0.0396. The number of aromatic nitrogens is 2. The fourth-order valence-corrected chi connectivity index (χ4v) is 6.16. The maximum absolute atomic E-state index is 13.3. The Hall–Kier alpha value is -2.14. The molecule has 0 saturated carbocycles. The monoisotopic (exact) mass is 496 g/mol. The molecule has 1 amide bonds. The van der Waals surface area contributed by atoms with Gasteiger partial charge in [-0.3, -0.25) is 14.4 Å². The Kier molecular flexibility index (Phi) is 7.58. The molecule has 3 aromatic rings. The third-order valence-electron chi connectivity index (χ3n) is 3.97. The van der Waals surface area contributed by atoms with Crippen molar-refractivity contribution in [2.75, 3.05) is 16.2 Å². The van der Waals surface area contributed by atoms with E-state index in [1.165, 1.54) is 47.4 Å². The van der Waals surface area contributed by atoms with E-state index in [9.17, 15) is 13.2 Å². The molecule has 7 nitrogen and oxygen atoms in total. The van der Waals surface area contributed by atoms with Gasteiger partial charge in [0.25, 0.3) is 10.0 Å². The number of carbonyl (C=O) groups excluding carboxylic acids is 1. The lowest BCUT2D eigenvalue weighted by Crippen LogP contribution is -2.38. The molecule has 0 spiro atoms. The highest BCUT2D eigenvalue weighted by molar-refractivity contribution is 8.01. The van der Waals surface area contributed by atoms with Crippen molar-refractivity contribution in [3.8, 4) is 0 Å². The first-order valence-corrected chi connectivity index (χ1v) is 12.8. The van der Waals surface area contributed by atoms with Crippen LogP contribution in [0.15, 0.2) is 57.8 Å². The van der Waals surface area contributed by atoms with Crippen molar-refractivity contribution in [3.05, 3.63) is 59.1 Å². The summed E-state index contributed by atoms with van der Waals surface area (Å²) >= 11 is 8.69. The third-order valence-corrected chi connectivity index (χ3v) is 7.93. The third kappa shape index (κ3) is 6.19. The molecule has 0 fully saturated rings. The van der Waals surface area contributed by atoms with Crippen molar-refractivity contribution in [2.24, 2.45) is 0 Å². The molecule has 0 aliphatic rings. The van der Waals surface area contributed by atoms with Gasteiger partial charge in [0.05, 0.1) is 10.6 Å². The minimum Gasteiger partial charge on any atom is -0.299 e. The number of halogens is 1. The lowest BCUT2D eigenvalue weighted by Gasteiger charge is -2.24. The molecule has 0 aliphatic heterocycles. The van der Waals surface area contributed by atoms with Gasteiger partial charge in [-0.1, -0.05) is 60.7 Å². The van der Waals surface area contributed by atoms with Gasteiger partial charge >= 0.3 is 0 Å². The van der Waals surface area contributed by atoms with E-state index < -0.39 is 22.5 Å². The Morgan fingerprint density at radius 3 is 2.55 bits per heavy atom. The van der Waals surface area contributed by atoms with Gasteiger partial charge in [-0.05, 0) is 48.9 Å². The van der Waals surface area contributed by atoms with Crippen LogP contribution < -0.4 is 9.62 Å². The molecule has 1 heterocycles. The van der Waals surface area contributed by atoms with Gasteiger partial charge in [-0.2, -0.15) is 0 Å². The Bertz CT molecular complexity index is 1160. The number of thioether (sulfide) groups is 1. The number of amides is 1. The van der Waals surface area contributed by atoms with E-state index >= 15 is 0 Å². The second kappa shape index (κ2) is 9.99. The maximum atomic E-state index is 13.3. The van der Waals surface area contributed by atoms with Crippen LogP contribution in [0.1, 0.15) is 19.4 Å². The zero-order valence-electron chi connectivity index (χ0n) is 17.1. The largest absolute Gasteiger partial charge is 0.299 e. The van der Waals surface area contributed by atoms with Crippen LogP contribution >= 0.6 is 34.7 Å². The number of anilines is 2. The van der Waals surface area contributed by atoms with E-state index in [0.29, 0.717) is 21.1 Å². The standard InChI is InChI=1S/C20H21ClN4O3S3/c1-13(2)29-20-24-23-19(30-20)22-18(26)12-25(16-6-4-5-14(3)11-16)31(27,28)17-9-7-15(21)8-10-17/h4-11,13H,12H2,1-3H3,(H,22,23,26). The van der Waals surface area contributed by atoms with E-state index in [4.69, 9.17) is 11.6 Å². The topological polar surface area (TPSA) is 92.3 Å². The Labute approximate surface area is 194 Å². The van der Waals surface area contributed by atoms with Gasteiger partial charge in [0.1, 0.15) is 6.54 Å². The van der Waals surface area contributed by atoms with Crippen LogP contribution in [0.4, 0.5) is 10.8 Å². The molecule has 2 aromatic carbocycles. The zero-order chi connectivity index (χ0) is 22.6. The summed E-state index contributed by atoms with van der Waals surface area (Å²) in [5, 5.41) is 11.7. The maximum Gasteiger partial charge on any atom is 0.264 e. The molecule has 1 N–H and O–H groups in total. The quantitative estimate of drug-likeness (QED) is 0.354. The van der Waals surface area contributed by atoms with Crippen molar-refractivity contribution in [1.29, 1.82) is 0 Å². The van der Waals surface area contributed by atoms with Crippen LogP contribution in [0, 0.1) is 6.92 Å². The summed E-state index contributed by atoms with van der Waals surface area (Å²) in [4.78, 5) is 12.8. The van der Waals surface area contributed by atoms with Gasteiger partial charge in [-0.25, -0.2) is 8.42 Å². The van der Waals surface area contributed by atoms with Gasteiger partial charge in [0, 0.05) is 10.3 Å². The summed E-state index contributed by atoms with van der Waals surface area (Å²) in [6.45, 7) is 5.50. The summed E-state index contributed by atoms with van der Waals surface area (Å²) < 4.78 is 28.5. The predicted molar refractivity (Wildman–Crippen MR) is 127 cm³/mol. The Balaban J connectivity index is 1.87. The number of benzene rings is 2. The number of hydrogen-bond acceptors (Lipinski definition) is 7. The van der Waals surface area contributed by atoms with Gasteiger partial charge in [0.2, 0.25) is 11.0 Å². The average molecular weight is 497 g/mol. The zero-order valence-corrected chi connectivity index (χ0v) is 20.3. The fraction of sp³-hybridized carbons (Fsp3) is 0.250. The number of aryl methyl sites for hydroxylation is 1. The van der Waals surface area contributed by atoms with Crippen LogP contribution in [-0.4, -0.2) is 36.3 Å². The lowest BCUT2D eigenvalue weighted by atomic mass is 10.2. The summed E-state index contributed by atoms with van der Waals surface area (Å²) in [5.74, 6) is -0.517. The van der Waals surface area contributed by atoms with E-state index in [1.54, 1.807) is 18.2 Å². The molecule has 164 valence electrons. The predicted octanol–water partition coefficient (Wildman–Crippen LogP) is 4.83.